The van der Waals surface area contributed by atoms with Crippen molar-refractivity contribution >= 4 is 5.57 Å². The number of rotatable bonds is 2. The van der Waals surface area contributed by atoms with E-state index in [1.54, 1.807) is 0 Å². The van der Waals surface area contributed by atoms with E-state index >= 15 is 0 Å². The maximum absolute atomic E-state index is 2.22. The highest BCUT2D eigenvalue weighted by Crippen LogP contribution is 2.19. The third kappa shape index (κ3) is 2.59. The lowest BCUT2D eigenvalue weighted by Crippen LogP contribution is -1.84. The summed E-state index contributed by atoms with van der Waals surface area (Å²) in [5, 5.41) is 0. The predicted molar refractivity (Wildman–Crippen MR) is 64.3 cm³/mol. The third-order valence-electron chi connectivity index (χ3n) is 2.46. The van der Waals surface area contributed by atoms with E-state index in [1.165, 1.54) is 22.3 Å². The fourth-order valence-electron chi connectivity index (χ4n) is 1.48. The minimum absolute atomic E-state index is 1.31. The fourth-order valence-corrected chi connectivity index (χ4v) is 1.48. The number of hydrogen-bond acceptors (Lipinski definition) is 0. The van der Waals surface area contributed by atoms with Crippen molar-refractivity contribution in [2.24, 2.45) is 0 Å². The first-order chi connectivity index (χ1) is 6.65. The van der Waals surface area contributed by atoms with Gasteiger partial charge in [-0.25, -0.2) is 0 Å². The Hall–Kier alpha value is -1.30. The summed E-state index contributed by atoms with van der Waals surface area (Å²) in [4.78, 5) is 0. The molecule has 0 atom stereocenters. The van der Waals surface area contributed by atoms with Gasteiger partial charge in [-0.05, 0) is 44.4 Å². The van der Waals surface area contributed by atoms with Crippen molar-refractivity contribution in [1.82, 2.24) is 0 Å². The molecule has 0 amide bonds. The molecule has 0 heterocycles. The molecular weight excluding hydrogens is 168 g/mol. The van der Waals surface area contributed by atoms with E-state index in [-0.39, 0.29) is 0 Å². The van der Waals surface area contributed by atoms with Gasteiger partial charge in [0.05, 0.1) is 0 Å². The fraction of sp³-hybridized carbons (Fsp3) is 0.286. The van der Waals surface area contributed by atoms with Crippen LogP contribution < -0.4 is 0 Å². The van der Waals surface area contributed by atoms with Crippen molar-refractivity contribution in [1.29, 1.82) is 0 Å². The molecule has 0 nitrogen and oxygen atoms in total. The van der Waals surface area contributed by atoms with Crippen LogP contribution in [0, 0.1) is 6.92 Å². The molecule has 0 saturated carbocycles. The molecule has 0 bridgehead atoms. The van der Waals surface area contributed by atoms with Crippen LogP contribution in [-0.2, 0) is 0 Å². The van der Waals surface area contributed by atoms with Crippen LogP contribution >= 0.6 is 0 Å². The van der Waals surface area contributed by atoms with Crippen LogP contribution in [0.5, 0.6) is 0 Å². The maximum Gasteiger partial charge on any atom is -0.0222 e. The van der Waals surface area contributed by atoms with Crippen LogP contribution in [0.4, 0.5) is 0 Å². The van der Waals surface area contributed by atoms with Gasteiger partial charge in [-0.2, -0.15) is 0 Å². The maximum atomic E-state index is 2.22. The van der Waals surface area contributed by atoms with Crippen LogP contribution in [0.3, 0.4) is 0 Å². The number of aryl methyl sites for hydroxylation is 1. The molecular formula is C14H18. The molecule has 14 heavy (non-hydrogen) atoms. The average molecular weight is 186 g/mol. The van der Waals surface area contributed by atoms with Gasteiger partial charge in [-0.1, -0.05) is 42.0 Å². The number of benzene rings is 1. The van der Waals surface area contributed by atoms with E-state index < -0.39 is 0 Å². The normalized spacial score (nSPS) is 13.1. The van der Waals surface area contributed by atoms with Gasteiger partial charge in [-0.3, -0.25) is 0 Å². The van der Waals surface area contributed by atoms with Gasteiger partial charge >= 0.3 is 0 Å². The van der Waals surface area contributed by atoms with E-state index in [4.69, 9.17) is 0 Å². The zero-order valence-corrected chi connectivity index (χ0v) is 9.46. The summed E-state index contributed by atoms with van der Waals surface area (Å²) in [6, 6.07) is 8.62. The Labute approximate surface area is 87.0 Å². The molecule has 0 spiro atoms. The van der Waals surface area contributed by atoms with Gasteiger partial charge < -0.3 is 0 Å². The molecule has 0 heteroatoms. The minimum atomic E-state index is 1.31. The minimum Gasteiger partial charge on any atom is -0.0874 e. The highest BCUT2D eigenvalue weighted by molar-refractivity contribution is 5.69. The molecule has 0 aliphatic rings. The predicted octanol–water partition coefficient (Wildman–Crippen LogP) is 4.36. The smallest absolute Gasteiger partial charge is 0.0222 e. The van der Waals surface area contributed by atoms with Gasteiger partial charge in [-0.15, -0.1) is 0 Å². The lowest BCUT2D eigenvalue weighted by atomic mass is 10.0. The van der Waals surface area contributed by atoms with Crippen molar-refractivity contribution in [2.75, 3.05) is 0 Å². The summed E-state index contributed by atoms with van der Waals surface area (Å²) in [6.07, 6.45) is 4.23. The molecule has 0 aliphatic carbocycles. The summed E-state index contributed by atoms with van der Waals surface area (Å²) < 4.78 is 0. The monoisotopic (exact) mass is 186 g/mol. The topological polar surface area (TPSA) is 0 Å². The number of hydrogen-bond donors (Lipinski definition) is 0. The van der Waals surface area contributed by atoms with Crippen LogP contribution in [-0.4, -0.2) is 0 Å². The first kappa shape index (κ1) is 10.8. The van der Waals surface area contributed by atoms with Gasteiger partial charge in [0.2, 0.25) is 0 Å². The van der Waals surface area contributed by atoms with Crippen molar-refractivity contribution in [3.8, 4) is 0 Å². The summed E-state index contributed by atoms with van der Waals surface area (Å²) in [6.45, 7) is 8.50. The van der Waals surface area contributed by atoms with Gasteiger partial charge in [0, 0.05) is 0 Å². The molecule has 1 aromatic rings. The van der Waals surface area contributed by atoms with Gasteiger partial charge in [0.1, 0.15) is 0 Å². The first-order valence-electron chi connectivity index (χ1n) is 5.02. The molecule has 0 saturated heterocycles. The van der Waals surface area contributed by atoms with Crippen LogP contribution in [0.2, 0.25) is 0 Å². The second-order valence-corrected chi connectivity index (χ2v) is 3.68. The largest absolute Gasteiger partial charge is 0.0874 e. The van der Waals surface area contributed by atoms with Crippen LogP contribution in [0.15, 0.2) is 42.0 Å². The van der Waals surface area contributed by atoms with E-state index in [2.05, 4.69) is 57.2 Å². The Morgan fingerprint density at radius 3 is 2.50 bits per heavy atom. The van der Waals surface area contributed by atoms with Gasteiger partial charge in [0.15, 0.2) is 0 Å². The zero-order chi connectivity index (χ0) is 10.6. The Balaban J connectivity index is 3.11. The van der Waals surface area contributed by atoms with Gasteiger partial charge in [0.25, 0.3) is 0 Å². The van der Waals surface area contributed by atoms with Crippen molar-refractivity contribution < 1.29 is 0 Å². The quantitative estimate of drug-likeness (QED) is 0.602. The lowest BCUT2D eigenvalue weighted by Gasteiger charge is -2.05. The average Bonchev–Trinajstić information content (AvgIpc) is 2.17. The van der Waals surface area contributed by atoms with Crippen LogP contribution in [0.25, 0.3) is 5.57 Å². The summed E-state index contributed by atoms with van der Waals surface area (Å²) in [5.41, 5.74) is 5.32. The second kappa shape index (κ2) is 4.80. The molecule has 1 rings (SSSR count). The molecule has 74 valence electrons. The molecule has 0 radical (unpaired) electrons. The van der Waals surface area contributed by atoms with E-state index in [9.17, 15) is 0 Å². The Kier molecular flexibility index (Phi) is 3.70. The van der Waals surface area contributed by atoms with Crippen molar-refractivity contribution in [2.45, 2.75) is 27.7 Å². The van der Waals surface area contributed by atoms with Crippen LogP contribution in [0.1, 0.15) is 31.9 Å². The molecule has 0 unspecified atom stereocenters. The highest BCUT2D eigenvalue weighted by atomic mass is 14.0. The van der Waals surface area contributed by atoms with E-state index in [0.717, 1.165) is 0 Å². The Morgan fingerprint density at radius 2 is 1.93 bits per heavy atom. The second-order valence-electron chi connectivity index (χ2n) is 3.68. The molecule has 0 fully saturated rings. The van der Waals surface area contributed by atoms with E-state index in [1.807, 2.05) is 6.92 Å². The summed E-state index contributed by atoms with van der Waals surface area (Å²) >= 11 is 0. The molecule has 0 aliphatic heterocycles. The van der Waals surface area contributed by atoms with Crippen molar-refractivity contribution in [3.63, 3.8) is 0 Å². The first-order valence-corrected chi connectivity index (χ1v) is 5.02. The molecule has 0 aromatic heterocycles. The Bertz CT molecular complexity index is 367. The van der Waals surface area contributed by atoms with E-state index in [0.29, 0.717) is 0 Å². The highest BCUT2D eigenvalue weighted by Gasteiger charge is 1.97. The molecule has 0 N–H and O–H groups in total. The SMILES string of the molecule is C/C=C\C(C)=C(/C)c1cccc(C)c1. The Morgan fingerprint density at radius 1 is 1.21 bits per heavy atom. The zero-order valence-electron chi connectivity index (χ0n) is 9.46. The standard InChI is InChI=1S/C14H18/c1-5-7-12(3)13(4)14-9-6-8-11(2)10-14/h5-10H,1-4H3/b7-5-,13-12+. The molecule has 1 aromatic carbocycles. The number of allylic oxidation sites excluding steroid dienone is 4. The van der Waals surface area contributed by atoms with Crippen molar-refractivity contribution in [3.05, 3.63) is 53.1 Å². The lowest BCUT2D eigenvalue weighted by molar-refractivity contribution is 1.40. The summed E-state index contributed by atoms with van der Waals surface area (Å²) in [5.74, 6) is 0. The summed E-state index contributed by atoms with van der Waals surface area (Å²) in [7, 11) is 0. The third-order valence-corrected chi connectivity index (χ3v) is 2.46.